The van der Waals surface area contributed by atoms with Crippen LogP contribution >= 0.6 is 0 Å². The van der Waals surface area contributed by atoms with Gasteiger partial charge in [0.25, 0.3) is 0 Å². The van der Waals surface area contributed by atoms with Crippen LogP contribution in [0.2, 0.25) is 0 Å². The Kier molecular flexibility index (Phi) is 4.33. The van der Waals surface area contributed by atoms with Crippen molar-refractivity contribution in [1.82, 2.24) is 0 Å². The lowest BCUT2D eigenvalue weighted by atomic mass is 10.0. The van der Waals surface area contributed by atoms with Gasteiger partial charge in [0.2, 0.25) is 12.3 Å². The summed E-state index contributed by atoms with van der Waals surface area (Å²) in [6.45, 7) is 0.416. The number of carbonyl (C=O) groups is 1. The molecule has 0 saturated heterocycles. The molecule has 1 heterocycles. The highest BCUT2D eigenvalue weighted by atomic mass is 35.5. The van der Waals surface area contributed by atoms with E-state index in [9.17, 15) is 4.79 Å². The van der Waals surface area contributed by atoms with E-state index in [1.54, 1.807) is 0 Å². The second kappa shape index (κ2) is 5.98. The van der Waals surface area contributed by atoms with Crippen molar-refractivity contribution in [2.45, 2.75) is 25.8 Å². The van der Waals surface area contributed by atoms with E-state index in [-0.39, 0.29) is 18.2 Å². The maximum Gasteiger partial charge on any atom is 0.227 e. The normalized spacial score (nSPS) is 12.6. The lowest BCUT2D eigenvalue weighted by Gasteiger charge is -2.02. The first kappa shape index (κ1) is 13.8. The Morgan fingerprint density at radius 1 is 1.05 bits per heavy atom. The summed E-state index contributed by atoms with van der Waals surface area (Å²) >= 11 is 0. The first-order valence-corrected chi connectivity index (χ1v) is 6.42. The third-order valence-corrected chi connectivity index (χ3v) is 3.52. The summed E-state index contributed by atoms with van der Waals surface area (Å²) in [4.78, 5) is 12.2. The lowest BCUT2D eigenvalue weighted by molar-refractivity contribution is -0.683. The molecule has 98 valence electrons. The summed E-state index contributed by atoms with van der Waals surface area (Å²) in [5, 5.41) is 0. The zero-order valence-corrected chi connectivity index (χ0v) is 11.4. The van der Waals surface area contributed by atoms with Crippen LogP contribution in [-0.4, -0.2) is 5.78 Å². The van der Waals surface area contributed by atoms with Crippen molar-refractivity contribution in [3.05, 3.63) is 65.5 Å². The first-order valence-electron chi connectivity index (χ1n) is 6.42. The van der Waals surface area contributed by atoms with Gasteiger partial charge in [-0.15, -0.1) is 0 Å². The predicted molar refractivity (Wildman–Crippen MR) is 69.4 cm³/mol. The van der Waals surface area contributed by atoms with Gasteiger partial charge in [-0.05, 0) is 36.5 Å². The molecule has 19 heavy (non-hydrogen) atoms. The molecule has 0 aliphatic heterocycles. The maximum atomic E-state index is 12.2. The molecule has 0 radical (unpaired) electrons. The molecule has 0 bridgehead atoms. The smallest absolute Gasteiger partial charge is 0.227 e. The Balaban J connectivity index is 0.00000133. The topological polar surface area (TPSA) is 20.9 Å². The maximum absolute atomic E-state index is 12.2. The molecule has 0 fully saturated rings. The molecule has 0 unspecified atom stereocenters. The number of nitrogens with zero attached hydrogens (tertiary/aromatic N) is 1. The van der Waals surface area contributed by atoms with Crippen molar-refractivity contribution in [3.8, 4) is 0 Å². The van der Waals surface area contributed by atoms with Crippen molar-refractivity contribution in [2.24, 2.45) is 0 Å². The SMILES string of the molecule is O=C(C[n+]1ccccc1)c1ccc2c(c1)CCC2.[Cl-]. The summed E-state index contributed by atoms with van der Waals surface area (Å²) < 4.78 is 1.91. The largest absolute Gasteiger partial charge is 1.00 e. The van der Waals surface area contributed by atoms with Crippen molar-refractivity contribution in [1.29, 1.82) is 0 Å². The number of hydrogen-bond acceptors (Lipinski definition) is 1. The molecule has 1 aromatic carbocycles. The third-order valence-electron chi connectivity index (χ3n) is 3.52. The highest BCUT2D eigenvalue weighted by Gasteiger charge is 2.16. The Labute approximate surface area is 119 Å². The van der Waals surface area contributed by atoms with Gasteiger partial charge in [-0.25, -0.2) is 0 Å². The van der Waals surface area contributed by atoms with E-state index in [0.29, 0.717) is 6.54 Å². The number of ketones is 1. The van der Waals surface area contributed by atoms with E-state index >= 15 is 0 Å². The van der Waals surface area contributed by atoms with Crippen LogP contribution in [0.1, 0.15) is 27.9 Å². The molecule has 3 heteroatoms. The molecule has 1 aliphatic rings. The summed E-state index contributed by atoms with van der Waals surface area (Å²) in [6.07, 6.45) is 7.35. The standard InChI is InChI=1S/C16H16NO.ClH/c18-16(12-17-9-2-1-3-10-17)15-8-7-13-5-4-6-14(13)11-15;/h1-3,7-11H,4-6,12H2;1H/q+1;/p-1. The molecule has 0 amide bonds. The molecule has 3 rings (SSSR count). The van der Waals surface area contributed by atoms with Gasteiger partial charge in [0.1, 0.15) is 0 Å². The molecular formula is C16H16ClNO. The van der Waals surface area contributed by atoms with Crippen LogP contribution < -0.4 is 17.0 Å². The lowest BCUT2D eigenvalue weighted by Crippen LogP contribution is -3.00. The van der Waals surface area contributed by atoms with Gasteiger partial charge in [-0.1, -0.05) is 18.2 Å². The Morgan fingerprint density at radius 2 is 1.79 bits per heavy atom. The van der Waals surface area contributed by atoms with Crippen molar-refractivity contribution in [2.75, 3.05) is 0 Å². The molecule has 1 aromatic heterocycles. The third kappa shape index (κ3) is 3.02. The van der Waals surface area contributed by atoms with Gasteiger partial charge in [0.05, 0.1) is 0 Å². The van der Waals surface area contributed by atoms with E-state index in [1.807, 2.05) is 41.2 Å². The van der Waals surface area contributed by atoms with Gasteiger partial charge >= 0.3 is 0 Å². The number of benzene rings is 1. The number of pyridine rings is 1. The highest BCUT2D eigenvalue weighted by Crippen LogP contribution is 2.22. The second-order valence-corrected chi connectivity index (χ2v) is 4.81. The number of carbonyl (C=O) groups excluding carboxylic acids is 1. The zero-order chi connectivity index (χ0) is 12.4. The van der Waals surface area contributed by atoms with E-state index < -0.39 is 0 Å². The molecule has 2 aromatic rings. The van der Waals surface area contributed by atoms with Gasteiger partial charge < -0.3 is 12.4 Å². The van der Waals surface area contributed by atoms with Gasteiger partial charge in [0, 0.05) is 17.7 Å². The summed E-state index contributed by atoms with van der Waals surface area (Å²) in [5.41, 5.74) is 3.62. The monoisotopic (exact) mass is 273 g/mol. The van der Waals surface area contributed by atoms with Crippen molar-refractivity contribution >= 4 is 5.78 Å². The first-order chi connectivity index (χ1) is 8.83. The Morgan fingerprint density at radius 3 is 2.58 bits per heavy atom. The fraction of sp³-hybridized carbons (Fsp3) is 0.250. The Hall–Kier alpha value is -1.67. The number of hydrogen-bond donors (Lipinski definition) is 0. The number of aryl methyl sites for hydroxylation is 2. The molecule has 0 spiro atoms. The van der Waals surface area contributed by atoms with Gasteiger partial charge in [-0.3, -0.25) is 4.79 Å². The summed E-state index contributed by atoms with van der Waals surface area (Å²) in [7, 11) is 0. The number of fused-ring (bicyclic) bond motifs is 1. The van der Waals surface area contributed by atoms with E-state index in [4.69, 9.17) is 0 Å². The predicted octanol–water partition coefficient (Wildman–Crippen LogP) is -0.650. The van der Waals surface area contributed by atoms with E-state index in [1.165, 1.54) is 17.5 Å². The number of rotatable bonds is 3. The zero-order valence-electron chi connectivity index (χ0n) is 10.7. The number of Topliss-reactive ketones (excluding diaryl/α,β-unsaturated/α-hetero) is 1. The van der Waals surface area contributed by atoms with Gasteiger partial charge in [0.15, 0.2) is 12.4 Å². The van der Waals surface area contributed by atoms with Crippen LogP contribution in [-0.2, 0) is 19.4 Å². The average molecular weight is 274 g/mol. The van der Waals surface area contributed by atoms with Crippen molar-refractivity contribution < 1.29 is 21.8 Å². The van der Waals surface area contributed by atoms with Crippen LogP contribution in [0.4, 0.5) is 0 Å². The summed E-state index contributed by atoms with van der Waals surface area (Å²) in [5.74, 6) is 0.181. The molecule has 0 saturated carbocycles. The van der Waals surface area contributed by atoms with Gasteiger partial charge in [-0.2, -0.15) is 4.57 Å². The molecule has 0 atom stereocenters. The quantitative estimate of drug-likeness (QED) is 0.538. The molecular weight excluding hydrogens is 258 g/mol. The van der Waals surface area contributed by atoms with Crippen LogP contribution in [0.5, 0.6) is 0 Å². The summed E-state index contributed by atoms with van der Waals surface area (Å²) in [6, 6.07) is 12.0. The molecule has 2 nitrogen and oxygen atoms in total. The fourth-order valence-corrected chi connectivity index (χ4v) is 2.54. The second-order valence-electron chi connectivity index (χ2n) is 4.81. The van der Waals surface area contributed by atoms with E-state index in [2.05, 4.69) is 12.1 Å². The number of aromatic nitrogens is 1. The minimum absolute atomic E-state index is 0. The van der Waals surface area contributed by atoms with Crippen LogP contribution in [0, 0.1) is 0 Å². The molecule has 1 aliphatic carbocycles. The minimum atomic E-state index is 0. The fourth-order valence-electron chi connectivity index (χ4n) is 2.54. The minimum Gasteiger partial charge on any atom is -1.00 e. The van der Waals surface area contributed by atoms with Crippen LogP contribution in [0.15, 0.2) is 48.8 Å². The average Bonchev–Trinajstić information content (AvgIpc) is 2.87. The molecule has 0 N–H and O–H groups in total. The van der Waals surface area contributed by atoms with Crippen LogP contribution in [0.25, 0.3) is 0 Å². The Bertz CT molecular complexity index is 581. The highest BCUT2D eigenvalue weighted by molar-refractivity contribution is 5.95. The van der Waals surface area contributed by atoms with Crippen molar-refractivity contribution in [3.63, 3.8) is 0 Å². The van der Waals surface area contributed by atoms with Crippen LogP contribution in [0.3, 0.4) is 0 Å². The van der Waals surface area contributed by atoms with E-state index in [0.717, 1.165) is 18.4 Å². The number of halogens is 1.